The van der Waals surface area contributed by atoms with Gasteiger partial charge in [0.1, 0.15) is 0 Å². The molecular formula is C11H14N6OS2. The summed E-state index contributed by atoms with van der Waals surface area (Å²) < 4.78 is 6.23. The molecule has 2 aromatic rings. The van der Waals surface area contributed by atoms with E-state index in [1.54, 1.807) is 11.3 Å². The molecule has 0 amide bonds. The highest BCUT2D eigenvalue weighted by atomic mass is 32.2. The van der Waals surface area contributed by atoms with Crippen molar-refractivity contribution in [1.82, 2.24) is 19.9 Å². The van der Waals surface area contributed by atoms with Crippen LogP contribution in [0.25, 0.3) is 0 Å². The summed E-state index contributed by atoms with van der Waals surface area (Å²) >= 11 is 2.98. The molecule has 1 saturated heterocycles. The van der Waals surface area contributed by atoms with E-state index in [1.807, 2.05) is 12.3 Å². The summed E-state index contributed by atoms with van der Waals surface area (Å²) in [4.78, 5) is 19.3. The summed E-state index contributed by atoms with van der Waals surface area (Å²) in [6.45, 7) is 4.86. The average molecular weight is 310 g/mol. The number of nitrogen functional groups attached to an aromatic ring is 1. The van der Waals surface area contributed by atoms with Gasteiger partial charge in [-0.2, -0.15) is 15.0 Å². The topological polar surface area (TPSA) is 90.0 Å². The molecule has 0 radical (unpaired) electrons. The Morgan fingerprint density at radius 1 is 1.25 bits per heavy atom. The van der Waals surface area contributed by atoms with Crippen LogP contribution < -0.4 is 10.6 Å². The number of nitrogens with two attached hydrogens (primary N) is 1. The van der Waals surface area contributed by atoms with Crippen molar-refractivity contribution < 1.29 is 4.74 Å². The third kappa shape index (κ3) is 3.17. The van der Waals surface area contributed by atoms with Crippen molar-refractivity contribution in [3.05, 3.63) is 11.1 Å². The molecule has 20 heavy (non-hydrogen) atoms. The zero-order valence-electron chi connectivity index (χ0n) is 10.9. The highest BCUT2D eigenvalue weighted by molar-refractivity contribution is 8.00. The van der Waals surface area contributed by atoms with Gasteiger partial charge >= 0.3 is 0 Å². The summed E-state index contributed by atoms with van der Waals surface area (Å²) in [6.07, 6.45) is 0. The Morgan fingerprint density at radius 2 is 2.05 bits per heavy atom. The van der Waals surface area contributed by atoms with Crippen molar-refractivity contribution in [3.63, 3.8) is 0 Å². The second-order valence-corrected chi connectivity index (χ2v) is 6.30. The summed E-state index contributed by atoms with van der Waals surface area (Å²) in [5.74, 6) is 0.842. The minimum Gasteiger partial charge on any atom is -0.378 e. The van der Waals surface area contributed by atoms with Crippen LogP contribution in [0, 0.1) is 6.92 Å². The van der Waals surface area contributed by atoms with E-state index in [4.69, 9.17) is 10.5 Å². The maximum atomic E-state index is 5.77. The summed E-state index contributed by atoms with van der Waals surface area (Å²) in [6, 6.07) is 0. The first kappa shape index (κ1) is 13.5. The van der Waals surface area contributed by atoms with Gasteiger partial charge in [0.2, 0.25) is 17.1 Å². The Morgan fingerprint density at radius 3 is 2.75 bits per heavy atom. The molecule has 2 N–H and O–H groups in total. The van der Waals surface area contributed by atoms with E-state index in [0.717, 1.165) is 23.1 Å². The number of aryl methyl sites for hydroxylation is 1. The van der Waals surface area contributed by atoms with Crippen molar-refractivity contribution in [2.24, 2.45) is 0 Å². The quantitative estimate of drug-likeness (QED) is 0.904. The van der Waals surface area contributed by atoms with Crippen LogP contribution in [0.15, 0.2) is 14.9 Å². The van der Waals surface area contributed by atoms with Crippen LogP contribution in [0.5, 0.6) is 0 Å². The minimum absolute atomic E-state index is 0.234. The number of nitrogens with zero attached hydrogens (tertiary/aromatic N) is 5. The zero-order chi connectivity index (χ0) is 13.9. The summed E-state index contributed by atoms with van der Waals surface area (Å²) in [5, 5.41) is 2.57. The lowest BCUT2D eigenvalue weighted by Crippen LogP contribution is -2.37. The average Bonchev–Trinajstić information content (AvgIpc) is 2.84. The molecular weight excluding hydrogens is 296 g/mol. The molecule has 2 aromatic heterocycles. The lowest BCUT2D eigenvalue weighted by molar-refractivity contribution is 0.122. The Bertz CT molecular complexity index is 598. The lowest BCUT2D eigenvalue weighted by atomic mass is 10.4. The predicted molar refractivity (Wildman–Crippen MR) is 78.2 cm³/mol. The predicted octanol–water partition coefficient (Wildman–Crippen LogP) is 1.21. The third-order valence-electron chi connectivity index (χ3n) is 2.69. The molecule has 3 rings (SSSR count). The molecule has 0 atom stereocenters. The summed E-state index contributed by atoms with van der Waals surface area (Å²) in [7, 11) is 0. The number of rotatable bonds is 3. The maximum Gasteiger partial charge on any atom is 0.231 e. The van der Waals surface area contributed by atoms with Crippen LogP contribution >= 0.6 is 23.1 Å². The molecule has 0 bridgehead atoms. The van der Waals surface area contributed by atoms with Gasteiger partial charge in [0, 0.05) is 24.2 Å². The van der Waals surface area contributed by atoms with Gasteiger partial charge in [0.25, 0.3) is 0 Å². The molecule has 0 aliphatic carbocycles. The number of thiazole rings is 1. The third-order valence-corrected chi connectivity index (χ3v) is 4.61. The standard InChI is InChI=1S/C11H14N6OS2/c1-7-6-19-11(13-7)20-10-15-8(12)14-9(16-10)17-2-4-18-5-3-17/h6H,2-5H2,1H3,(H2,12,14,15,16). The molecule has 7 nitrogen and oxygen atoms in total. The normalized spacial score (nSPS) is 15.6. The highest BCUT2D eigenvalue weighted by Crippen LogP contribution is 2.28. The minimum atomic E-state index is 0.234. The molecule has 0 unspecified atom stereocenters. The lowest BCUT2D eigenvalue weighted by Gasteiger charge is -2.26. The van der Waals surface area contributed by atoms with Gasteiger partial charge in [-0.15, -0.1) is 11.3 Å². The Kier molecular flexibility index (Phi) is 3.99. The van der Waals surface area contributed by atoms with E-state index in [-0.39, 0.29) is 5.95 Å². The number of hydrogen-bond donors (Lipinski definition) is 1. The smallest absolute Gasteiger partial charge is 0.231 e. The van der Waals surface area contributed by atoms with Crippen LogP contribution in [0.3, 0.4) is 0 Å². The van der Waals surface area contributed by atoms with Crippen molar-refractivity contribution in [1.29, 1.82) is 0 Å². The summed E-state index contributed by atoms with van der Waals surface area (Å²) in [5.41, 5.74) is 6.77. The molecule has 0 saturated carbocycles. The van der Waals surface area contributed by atoms with Gasteiger partial charge in [0.05, 0.1) is 13.2 Å². The van der Waals surface area contributed by atoms with Gasteiger partial charge in [0.15, 0.2) is 4.34 Å². The molecule has 9 heteroatoms. The second-order valence-electron chi connectivity index (χ2n) is 4.23. The molecule has 0 aromatic carbocycles. The molecule has 3 heterocycles. The zero-order valence-corrected chi connectivity index (χ0v) is 12.6. The monoisotopic (exact) mass is 310 g/mol. The fourth-order valence-corrected chi connectivity index (χ4v) is 3.46. The molecule has 1 fully saturated rings. The Hall–Kier alpha value is -1.45. The van der Waals surface area contributed by atoms with E-state index in [9.17, 15) is 0 Å². The number of aromatic nitrogens is 4. The Balaban J connectivity index is 1.82. The van der Waals surface area contributed by atoms with Crippen LogP contribution in [-0.4, -0.2) is 46.2 Å². The SMILES string of the molecule is Cc1csc(Sc2nc(N)nc(N3CCOCC3)n2)n1. The van der Waals surface area contributed by atoms with Crippen molar-refractivity contribution >= 4 is 35.0 Å². The van der Waals surface area contributed by atoms with Crippen molar-refractivity contribution in [2.75, 3.05) is 36.9 Å². The molecule has 0 spiro atoms. The van der Waals surface area contributed by atoms with Gasteiger partial charge in [-0.1, -0.05) is 0 Å². The van der Waals surface area contributed by atoms with E-state index in [2.05, 4.69) is 24.8 Å². The van der Waals surface area contributed by atoms with Crippen LogP contribution in [-0.2, 0) is 4.74 Å². The number of anilines is 2. The van der Waals surface area contributed by atoms with E-state index < -0.39 is 0 Å². The maximum absolute atomic E-state index is 5.77. The first-order valence-electron chi connectivity index (χ1n) is 6.15. The van der Waals surface area contributed by atoms with E-state index in [1.165, 1.54) is 11.8 Å². The first-order valence-corrected chi connectivity index (χ1v) is 7.84. The fourth-order valence-electron chi connectivity index (χ4n) is 1.77. The van der Waals surface area contributed by atoms with Gasteiger partial charge in [-0.3, -0.25) is 0 Å². The van der Waals surface area contributed by atoms with Gasteiger partial charge in [-0.25, -0.2) is 4.98 Å². The molecule has 106 valence electrons. The second kappa shape index (κ2) is 5.90. The largest absolute Gasteiger partial charge is 0.378 e. The van der Waals surface area contributed by atoms with Crippen LogP contribution in [0.2, 0.25) is 0 Å². The van der Waals surface area contributed by atoms with Gasteiger partial charge < -0.3 is 15.4 Å². The van der Waals surface area contributed by atoms with Gasteiger partial charge in [-0.05, 0) is 18.7 Å². The highest BCUT2D eigenvalue weighted by Gasteiger charge is 2.16. The molecule has 1 aliphatic heterocycles. The number of ether oxygens (including phenoxy) is 1. The van der Waals surface area contributed by atoms with Crippen molar-refractivity contribution in [2.45, 2.75) is 16.4 Å². The van der Waals surface area contributed by atoms with Crippen LogP contribution in [0.4, 0.5) is 11.9 Å². The fraction of sp³-hybridized carbons (Fsp3) is 0.455. The number of morpholine rings is 1. The van der Waals surface area contributed by atoms with E-state index >= 15 is 0 Å². The number of hydrogen-bond acceptors (Lipinski definition) is 9. The van der Waals surface area contributed by atoms with Crippen molar-refractivity contribution in [3.8, 4) is 0 Å². The first-order chi connectivity index (χ1) is 9.70. The van der Waals surface area contributed by atoms with E-state index in [0.29, 0.717) is 24.3 Å². The molecule has 1 aliphatic rings. The Labute approximate surface area is 124 Å². The van der Waals surface area contributed by atoms with Crippen LogP contribution in [0.1, 0.15) is 5.69 Å².